The number of rotatable bonds is 1. The van der Waals surface area contributed by atoms with Gasteiger partial charge in [0.15, 0.2) is 0 Å². The lowest BCUT2D eigenvalue weighted by molar-refractivity contribution is 0.475. The first-order chi connectivity index (χ1) is 8.72. The van der Waals surface area contributed by atoms with Gasteiger partial charge in [0.25, 0.3) is 0 Å². The molecule has 1 aliphatic carbocycles. The SMILES string of the molecule is Nc1ccc2c(c1)CCC2=Cc1cccc(O)c1. The Morgan fingerprint density at radius 3 is 2.78 bits per heavy atom. The molecule has 90 valence electrons. The molecule has 0 fully saturated rings. The van der Waals surface area contributed by atoms with Gasteiger partial charge in [0, 0.05) is 5.69 Å². The number of aryl methyl sites for hydroxylation is 1. The third-order valence-corrected chi connectivity index (χ3v) is 3.35. The number of nitrogens with two attached hydrogens (primary N) is 1. The minimum Gasteiger partial charge on any atom is -0.508 e. The molecule has 0 saturated heterocycles. The van der Waals surface area contributed by atoms with E-state index in [1.54, 1.807) is 12.1 Å². The second kappa shape index (κ2) is 4.22. The molecule has 18 heavy (non-hydrogen) atoms. The van der Waals surface area contributed by atoms with Crippen LogP contribution in [0.3, 0.4) is 0 Å². The van der Waals surface area contributed by atoms with E-state index in [9.17, 15) is 5.11 Å². The Bertz CT molecular complexity index is 629. The Balaban J connectivity index is 2.01. The number of hydrogen-bond acceptors (Lipinski definition) is 2. The van der Waals surface area contributed by atoms with Crippen LogP contribution < -0.4 is 5.73 Å². The number of benzene rings is 2. The highest BCUT2D eigenvalue weighted by Crippen LogP contribution is 2.34. The van der Waals surface area contributed by atoms with E-state index < -0.39 is 0 Å². The van der Waals surface area contributed by atoms with Crippen molar-refractivity contribution in [3.8, 4) is 5.75 Å². The van der Waals surface area contributed by atoms with Crippen molar-refractivity contribution in [2.45, 2.75) is 12.8 Å². The summed E-state index contributed by atoms with van der Waals surface area (Å²) in [6.45, 7) is 0. The van der Waals surface area contributed by atoms with E-state index >= 15 is 0 Å². The monoisotopic (exact) mass is 237 g/mol. The summed E-state index contributed by atoms with van der Waals surface area (Å²) in [5, 5.41) is 9.47. The molecule has 2 heteroatoms. The summed E-state index contributed by atoms with van der Waals surface area (Å²) in [6, 6.07) is 13.4. The summed E-state index contributed by atoms with van der Waals surface area (Å²) in [4.78, 5) is 0. The molecule has 0 amide bonds. The lowest BCUT2D eigenvalue weighted by atomic mass is 10.0. The standard InChI is InChI=1S/C16H15NO/c17-14-6-7-16-12(4-5-13(16)10-14)8-11-2-1-3-15(18)9-11/h1-3,6-10,18H,4-5,17H2. The maximum atomic E-state index is 9.47. The van der Waals surface area contributed by atoms with Crippen molar-refractivity contribution >= 4 is 17.3 Å². The molecule has 0 unspecified atom stereocenters. The molecule has 0 bridgehead atoms. The predicted octanol–water partition coefficient (Wildman–Crippen LogP) is 3.46. The third-order valence-electron chi connectivity index (χ3n) is 3.35. The van der Waals surface area contributed by atoms with Gasteiger partial charge in [-0.25, -0.2) is 0 Å². The van der Waals surface area contributed by atoms with Crippen LogP contribution in [0.15, 0.2) is 42.5 Å². The van der Waals surface area contributed by atoms with Gasteiger partial charge in [0.05, 0.1) is 0 Å². The molecule has 2 nitrogen and oxygen atoms in total. The van der Waals surface area contributed by atoms with Crippen LogP contribution in [0.25, 0.3) is 11.6 Å². The zero-order valence-corrected chi connectivity index (χ0v) is 10.1. The Morgan fingerprint density at radius 2 is 1.94 bits per heavy atom. The summed E-state index contributed by atoms with van der Waals surface area (Å²) in [7, 11) is 0. The topological polar surface area (TPSA) is 46.2 Å². The predicted molar refractivity (Wildman–Crippen MR) is 75.2 cm³/mol. The van der Waals surface area contributed by atoms with Crippen molar-refractivity contribution < 1.29 is 5.11 Å². The number of nitrogen functional groups attached to an aromatic ring is 1. The average Bonchev–Trinajstić information content (AvgIpc) is 2.72. The molecule has 0 heterocycles. The third kappa shape index (κ3) is 1.97. The van der Waals surface area contributed by atoms with Gasteiger partial charge in [-0.3, -0.25) is 0 Å². The number of aromatic hydroxyl groups is 1. The van der Waals surface area contributed by atoms with Crippen LogP contribution in [-0.4, -0.2) is 5.11 Å². The highest BCUT2D eigenvalue weighted by atomic mass is 16.3. The molecule has 0 atom stereocenters. The van der Waals surface area contributed by atoms with Crippen LogP contribution in [0, 0.1) is 0 Å². The van der Waals surface area contributed by atoms with Crippen LogP contribution in [0.5, 0.6) is 5.75 Å². The summed E-state index contributed by atoms with van der Waals surface area (Å²) in [5.41, 5.74) is 11.6. The Kier molecular flexibility index (Phi) is 2.56. The molecule has 0 spiro atoms. The minimum atomic E-state index is 0.305. The van der Waals surface area contributed by atoms with Crippen LogP contribution in [0.2, 0.25) is 0 Å². The molecular weight excluding hydrogens is 222 g/mol. The normalized spacial score (nSPS) is 15.9. The Hall–Kier alpha value is -2.22. The van der Waals surface area contributed by atoms with Gasteiger partial charge >= 0.3 is 0 Å². The summed E-state index contributed by atoms with van der Waals surface area (Å²) in [5.74, 6) is 0.305. The molecule has 0 aromatic heterocycles. The van der Waals surface area contributed by atoms with Gasteiger partial charge in [0.2, 0.25) is 0 Å². The van der Waals surface area contributed by atoms with E-state index in [0.717, 1.165) is 24.1 Å². The van der Waals surface area contributed by atoms with E-state index in [-0.39, 0.29) is 0 Å². The largest absolute Gasteiger partial charge is 0.508 e. The highest BCUT2D eigenvalue weighted by molar-refractivity contribution is 5.86. The maximum absolute atomic E-state index is 9.47. The van der Waals surface area contributed by atoms with Gasteiger partial charge in [-0.05, 0) is 59.4 Å². The number of phenols is 1. The molecule has 3 N–H and O–H groups in total. The van der Waals surface area contributed by atoms with E-state index in [1.165, 1.54) is 16.7 Å². The Morgan fingerprint density at radius 1 is 1.06 bits per heavy atom. The van der Waals surface area contributed by atoms with Crippen LogP contribution >= 0.6 is 0 Å². The lowest BCUT2D eigenvalue weighted by Gasteiger charge is -2.03. The molecule has 3 rings (SSSR count). The highest BCUT2D eigenvalue weighted by Gasteiger charge is 2.15. The summed E-state index contributed by atoms with van der Waals surface area (Å²) in [6.07, 6.45) is 4.22. The second-order valence-electron chi connectivity index (χ2n) is 4.68. The van der Waals surface area contributed by atoms with Crippen LogP contribution in [0.4, 0.5) is 5.69 Å². The van der Waals surface area contributed by atoms with Crippen molar-refractivity contribution in [3.63, 3.8) is 0 Å². The molecule has 2 aromatic rings. The maximum Gasteiger partial charge on any atom is 0.116 e. The van der Waals surface area contributed by atoms with Gasteiger partial charge < -0.3 is 10.8 Å². The minimum absolute atomic E-state index is 0.305. The molecule has 0 radical (unpaired) electrons. The number of fused-ring (bicyclic) bond motifs is 1. The van der Waals surface area contributed by atoms with Crippen molar-refractivity contribution in [1.82, 2.24) is 0 Å². The van der Waals surface area contributed by atoms with Crippen molar-refractivity contribution in [2.24, 2.45) is 0 Å². The van der Waals surface area contributed by atoms with E-state index in [1.807, 2.05) is 18.2 Å². The van der Waals surface area contributed by atoms with Gasteiger partial charge in [-0.15, -0.1) is 0 Å². The first kappa shape index (κ1) is 10.9. The zero-order valence-electron chi connectivity index (χ0n) is 10.1. The summed E-state index contributed by atoms with van der Waals surface area (Å²) < 4.78 is 0. The molecule has 0 saturated carbocycles. The van der Waals surface area contributed by atoms with E-state index in [0.29, 0.717) is 5.75 Å². The average molecular weight is 237 g/mol. The van der Waals surface area contributed by atoms with Crippen molar-refractivity contribution in [2.75, 3.05) is 5.73 Å². The number of allylic oxidation sites excluding steroid dienone is 1. The van der Waals surface area contributed by atoms with Gasteiger partial charge in [-0.2, -0.15) is 0 Å². The van der Waals surface area contributed by atoms with Gasteiger partial charge in [0.1, 0.15) is 5.75 Å². The molecule has 1 aliphatic rings. The van der Waals surface area contributed by atoms with Crippen molar-refractivity contribution in [1.29, 1.82) is 0 Å². The van der Waals surface area contributed by atoms with E-state index in [2.05, 4.69) is 18.2 Å². The molecular formula is C16H15NO. The quantitative estimate of drug-likeness (QED) is 0.746. The second-order valence-corrected chi connectivity index (χ2v) is 4.68. The smallest absolute Gasteiger partial charge is 0.116 e. The fourth-order valence-electron chi connectivity index (χ4n) is 2.50. The number of hydrogen-bond donors (Lipinski definition) is 2. The fraction of sp³-hybridized carbons (Fsp3) is 0.125. The number of anilines is 1. The van der Waals surface area contributed by atoms with Crippen LogP contribution in [0.1, 0.15) is 23.1 Å². The summed E-state index contributed by atoms with van der Waals surface area (Å²) >= 11 is 0. The lowest BCUT2D eigenvalue weighted by Crippen LogP contribution is -1.87. The molecule has 0 aliphatic heterocycles. The number of phenolic OH excluding ortho intramolecular Hbond substituents is 1. The van der Waals surface area contributed by atoms with E-state index in [4.69, 9.17) is 5.73 Å². The zero-order chi connectivity index (χ0) is 12.5. The first-order valence-corrected chi connectivity index (χ1v) is 6.11. The van der Waals surface area contributed by atoms with Crippen molar-refractivity contribution in [3.05, 3.63) is 59.2 Å². The van der Waals surface area contributed by atoms with Gasteiger partial charge in [-0.1, -0.05) is 24.3 Å². The fourth-order valence-corrected chi connectivity index (χ4v) is 2.50. The molecule has 2 aromatic carbocycles. The first-order valence-electron chi connectivity index (χ1n) is 6.11. The van der Waals surface area contributed by atoms with Crippen LogP contribution in [-0.2, 0) is 6.42 Å². The Labute approximate surface area is 106 Å².